The molecule has 0 aliphatic carbocycles. The number of amides is 1. The average Bonchev–Trinajstić information content (AvgIpc) is 2.62. The van der Waals surface area contributed by atoms with Crippen molar-refractivity contribution in [3.05, 3.63) is 0 Å². The molecular formula is C14H28N2O2. The van der Waals surface area contributed by atoms with Crippen LogP contribution in [0, 0.1) is 5.92 Å². The molecule has 1 heterocycles. The fourth-order valence-electron chi connectivity index (χ4n) is 2.30. The molecule has 2 atom stereocenters. The molecule has 1 aliphatic heterocycles. The second-order valence-electron chi connectivity index (χ2n) is 5.43. The van der Waals surface area contributed by atoms with Gasteiger partial charge in [-0.3, -0.25) is 10.1 Å². The number of ether oxygens (including phenoxy) is 1. The topological polar surface area (TPSA) is 41.6 Å². The van der Waals surface area contributed by atoms with E-state index in [0.717, 1.165) is 25.9 Å². The Bertz CT molecular complexity index is 256. The van der Waals surface area contributed by atoms with Crippen LogP contribution in [-0.4, -0.2) is 42.8 Å². The monoisotopic (exact) mass is 256 g/mol. The second kappa shape index (κ2) is 7.74. The molecule has 0 aromatic carbocycles. The van der Waals surface area contributed by atoms with Gasteiger partial charge in [-0.05, 0) is 18.8 Å². The minimum atomic E-state index is 0.00616. The fourth-order valence-corrected chi connectivity index (χ4v) is 2.30. The zero-order valence-electron chi connectivity index (χ0n) is 12.2. The Labute approximate surface area is 111 Å². The fraction of sp³-hybridized carbons (Fsp3) is 0.929. The standard InChI is InChI=1S/C14H28N2O2/c1-5-7-13-15-12(6-2)14(17)16(13)8-9-18-10-11(3)4/h11-13,15H,5-10H2,1-4H3. The first-order chi connectivity index (χ1) is 8.60. The molecule has 1 aliphatic rings. The lowest BCUT2D eigenvalue weighted by Crippen LogP contribution is -2.39. The van der Waals surface area contributed by atoms with Gasteiger partial charge < -0.3 is 9.64 Å². The zero-order valence-corrected chi connectivity index (χ0v) is 12.2. The van der Waals surface area contributed by atoms with Crippen LogP contribution in [0.3, 0.4) is 0 Å². The van der Waals surface area contributed by atoms with Gasteiger partial charge in [0.15, 0.2) is 0 Å². The van der Waals surface area contributed by atoms with Crippen LogP contribution in [0.4, 0.5) is 0 Å². The van der Waals surface area contributed by atoms with Crippen LogP contribution >= 0.6 is 0 Å². The molecule has 0 bridgehead atoms. The molecule has 18 heavy (non-hydrogen) atoms. The summed E-state index contributed by atoms with van der Waals surface area (Å²) in [6.07, 6.45) is 3.18. The number of nitrogens with one attached hydrogen (secondary N) is 1. The van der Waals surface area contributed by atoms with Crippen molar-refractivity contribution < 1.29 is 9.53 Å². The van der Waals surface area contributed by atoms with Gasteiger partial charge in [-0.1, -0.05) is 34.1 Å². The maximum Gasteiger partial charge on any atom is 0.241 e. The Kier molecular flexibility index (Phi) is 6.65. The second-order valence-corrected chi connectivity index (χ2v) is 5.43. The zero-order chi connectivity index (χ0) is 13.5. The van der Waals surface area contributed by atoms with Gasteiger partial charge in [0.05, 0.1) is 18.8 Å². The molecular weight excluding hydrogens is 228 g/mol. The van der Waals surface area contributed by atoms with Crippen molar-refractivity contribution >= 4 is 5.91 Å². The predicted octanol–water partition coefficient (Wildman–Crippen LogP) is 2.00. The summed E-state index contributed by atoms with van der Waals surface area (Å²) in [4.78, 5) is 14.1. The molecule has 0 aromatic heterocycles. The minimum absolute atomic E-state index is 0.00616. The van der Waals surface area contributed by atoms with Gasteiger partial charge in [-0.25, -0.2) is 0 Å². The van der Waals surface area contributed by atoms with E-state index in [9.17, 15) is 4.79 Å². The van der Waals surface area contributed by atoms with Crippen LogP contribution in [0.1, 0.15) is 47.0 Å². The Hall–Kier alpha value is -0.610. The molecule has 1 N–H and O–H groups in total. The number of rotatable bonds is 8. The lowest BCUT2D eigenvalue weighted by atomic mass is 10.2. The van der Waals surface area contributed by atoms with Gasteiger partial charge in [0.2, 0.25) is 5.91 Å². The average molecular weight is 256 g/mol. The van der Waals surface area contributed by atoms with Gasteiger partial charge in [-0.2, -0.15) is 0 Å². The van der Waals surface area contributed by atoms with Gasteiger partial charge >= 0.3 is 0 Å². The van der Waals surface area contributed by atoms with Crippen LogP contribution in [-0.2, 0) is 9.53 Å². The summed E-state index contributed by atoms with van der Waals surface area (Å²) < 4.78 is 5.58. The number of carbonyl (C=O) groups is 1. The van der Waals surface area contributed by atoms with Gasteiger partial charge in [0.25, 0.3) is 0 Å². The molecule has 0 saturated carbocycles. The van der Waals surface area contributed by atoms with E-state index in [1.54, 1.807) is 0 Å². The smallest absolute Gasteiger partial charge is 0.241 e. The summed E-state index contributed by atoms with van der Waals surface area (Å²) in [5, 5.41) is 3.41. The van der Waals surface area contributed by atoms with Crippen molar-refractivity contribution in [1.29, 1.82) is 0 Å². The van der Waals surface area contributed by atoms with E-state index in [2.05, 4.69) is 33.0 Å². The molecule has 4 nitrogen and oxygen atoms in total. The van der Waals surface area contributed by atoms with E-state index in [1.165, 1.54) is 0 Å². The molecule has 106 valence electrons. The van der Waals surface area contributed by atoms with E-state index in [0.29, 0.717) is 19.1 Å². The first-order valence-corrected chi connectivity index (χ1v) is 7.24. The van der Waals surface area contributed by atoms with E-state index in [4.69, 9.17) is 4.74 Å². The van der Waals surface area contributed by atoms with Crippen molar-refractivity contribution in [2.75, 3.05) is 19.8 Å². The lowest BCUT2D eigenvalue weighted by Gasteiger charge is -2.24. The van der Waals surface area contributed by atoms with Crippen molar-refractivity contribution in [1.82, 2.24) is 10.2 Å². The quantitative estimate of drug-likeness (QED) is 0.675. The summed E-state index contributed by atoms with van der Waals surface area (Å²) >= 11 is 0. The third-order valence-electron chi connectivity index (χ3n) is 3.25. The number of carbonyl (C=O) groups excluding carboxylic acids is 1. The number of hydrogen-bond acceptors (Lipinski definition) is 3. The minimum Gasteiger partial charge on any atom is -0.379 e. The van der Waals surface area contributed by atoms with Crippen LogP contribution < -0.4 is 5.32 Å². The Morgan fingerprint density at radius 3 is 2.67 bits per heavy atom. The summed E-state index contributed by atoms with van der Waals surface area (Å²) in [5.41, 5.74) is 0. The van der Waals surface area contributed by atoms with Crippen LogP contribution in [0.25, 0.3) is 0 Å². The molecule has 1 amide bonds. The van der Waals surface area contributed by atoms with Gasteiger partial charge in [0.1, 0.15) is 0 Å². The van der Waals surface area contributed by atoms with E-state index in [1.807, 2.05) is 4.90 Å². The highest BCUT2D eigenvalue weighted by Gasteiger charge is 2.36. The summed E-state index contributed by atoms with van der Waals surface area (Å²) in [5.74, 6) is 0.788. The molecule has 1 rings (SSSR count). The Morgan fingerprint density at radius 1 is 1.39 bits per heavy atom. The highest BCUT2D eigenvalue weighted by atomic mass is 16.5. The largest absolute Gasteiger partial charge is 0.379 e. The maximum atomic E-state index is 12.2. The van der Waals surface area contributed by atoms with Crippen molar-refractivity contribution in [2.24, 2.45) is 5.92 Å². The van der Waals surface area contributed by atoms with Crippen LogP contribution in [0.15, 0.2) is 0 Å². The molecule has 0 aromatic rings. The summed E-state index contributed by atoms with van der Waals surface area (Å²) in [6.45, 7) is 10.6. The first-order valence-electron chi connectivity index (χ1n) is 7.24. The van der Waals surface area contributed by atoms with Gasteiger partial charge in [-0.15, -0.1) is 0 Å². The van der Waals surface area contributed by atoms with E-state index in [-0.39, 0.29) is 18.1 Å². The number of hydrogen-bond donors (Lipinski definition) is 1. The first kappa shape index (κ1) is 15.4. The Balaban J connectivity index is 2.41. The third-order valence-corrected chi connectivity index (χ3v) is 3.25. The van der Waals surface area contributed by atoms with Gasteiger partial charge in [0, 0.05) is 13.2 Å². The predicted molar refractivity (Wildman–Crippen MR) is 73.3 cm³/mol. The van der Waals surface area contributed by atoms with E-state index >= 15 is 0 Å². The highest BCUT2D eigenvalue weighted by molar-refractivity contribution is 5.84. The maximum absolute atomic E-state index is 12.2. The van der Waals surface area contributed by atoms with Crippen LogP contribution in [0.2, 0.25) is 0 Å². The summed E-state index contributed by atoms with van der Waals surface area (Å²) in [6, 6.07) is 0.00616. The molecule has 2 unspecified atom stereocenters. The highest BCUT2D eigenvalue weighted by Crippen LogP contribution is 2.16. The van der Waals surface area contributed by atoms with Crippen LogP contribution in [0.5, 0.6) is 0 Å². The number of nitrogens with zero attached hydrogens (tertiary/aromatic N) is 1. The normalized spacial score (nSPS) is 24.3. The molecule has 0 radical (unpaired) electrons. The SMILES string of the molecule is CCCC1NC(CC)C(=O)N1CCOCC(C)C. The Morgan fingerprint density at radius 2 is 2.11 bits per heavy atom. The van der Waals surface area contributed by atoms with Crippen molar-refractivity contribution in [2.45, 2.75) is 59.2 Å². The van der Waals surface area contributed by atoms with Crippen molar-refractivity contribution in [3.8, 4) is 0 Å². The van der Waals surface area contributed by atoms with E-state index < -0.39 is 0 Å². The summed E-state index contributed by atoms with van der Waals surface area (Å²) in [7, 11) is 0. The molecule has 0 spiro atoms. The molecule has 1 fully saturated rings. The lowest BCUT2D eigenvalue weighted by molar-refractivity contribution is -0.130. The third kappa shape index (κ3) is 4.25. The molecule has 1 saturated heterocycles. The van der Waals surface area contributed by atoms with Crippen molar-refractivity contribution in [3.63, 3.8) is 0 Å². The molecule has 4 heteroatoms.